The van der Waals surface area contributed by atoms with Gasteiger partial charge in [0, 0.05) is 0 Å². The van der Waals surface area contributed by atoms with E-state index in [1.165, 1.54) is 24.3 Å². The number of phenolic OH excluding ortho intramolecular Hbond substituents is 1. The van der Waals surface area contributed by atoms with Crippen LogP contribution in [-0.4, -0.2) is 187 Å². The maximum atomic E-state index is 14.0. The maximum absolute atomic E-state index is 14.0. The van der Waals surface area contributed by atoms with E-state index in [0.717, 1.165) is 4.90 Å². The summed E-state index contributed by atoms with van der Waals surface area (Å²) in [6.07, 6.45) is -12.4. The van der Waals surface area contributed by atoms with Crippen molar-refractivity contribution in [2.45, 2.75) is 85.5 Å². The first kappa shape index (κ1) is 41.0. The molecule has 3 aliphatic rings. The van der Waals surface area contributed by atoms with Gasteiger partial charge in [0.25, 0.3) is 0 Å². The lowest BCUT2D eigenvalue weighted by Crippen LogP contribution is -2.70. The van der Waals surface area contributed by atoms with E-state index in [4.69, 9.17) is 21.9 Å². The van der Waals surface area contributed by atoms with Crippen LogP contribution in [0.2, 0.25) is 0 Å². The minimum absolute atomic E-state index is 0.0282. The van der Waals surface area contributed by atoms with Crippen LogP contribution >= 0.6 is 0 Å². The smallest absolute Gasteiger partial charge is 0.246 e. The lowest BCUT2D eigenvalue weighted by Gasteiger charge is -2.46. The van der Waals surface area contributed by atoms with Crippen molar-refractivity contribution in [3.05, 3.63) is 29.8 Å². The third kappa shape index (κ3) is 9.45. The summed E-state index contributed by atoms with van der Waals surface area (Å²) in [5.41, 5.74) is 18.4. The van der Waals surface area contributed by atoms with Gasteiger partial charge in [-0.05, 0) is 24.1 Å². The number of aromatic hydroxyl groups is 1. The zero-order chi connectivity index (χ0) is 39.1. The van der Waals surface area contributed by atoms with Gasteiger partial charge in [0.15, 0.2) is 18.1 Å². The topological polar surface area (TPSA) is 393 Å². The maximum Gasteiger partial charge on any atom is 0.246 e. The second kappa shape index (κ2) is 17.9. The van der Waals surface area contributed by atoms with Gasteiger partial charge in [-0.3, -0.25) is 24.4 Å². The first-order valence-corrected chi connectivity index (χ1v) is 16.4. The van der Waals surface area contributed by atoms with Gasteiger partial charge < -0.3 is 93.8 Å². The predicted octanol–water partition coefficient (Wildman–Crippen LogP) is -9.29. The zero-order valence-electron chi connectivity index (χ0n) is 28.1. The zero-order valence-corrected chi connectivity index (χ0v) is 28.1. The van der Waals surface area contributed by atoms with Crippen molar-refractivity contribution >= 4 is 35.9 Å². The predicted molar refractivity (Wildman–Crippen MR) is 180 cm³/mol. The van der Waals surface area contributed by atoms with Crippen molar-refractivity contribution in [2.24, 2.45) is 27.2 Å². The van der Waals surface area contributed by atoms with Gasteiger partial charge in [0.1, 0.15) is 66.8 Å². The number of aliphatic imine (C=N–C) groups is 2. The molecule has 3 heterocycles. The number of amides is 3. The number of ether oxygens (including phenoxy) is 1. The number of hydrogen-bond donors (Lipinski definition) is 15. The number of aldehydes is 1. The molecule has 0 aromatic heterocycles. The Morgan fingerprint density at radius 1 is 0.925 bits per heavy atom. The van der Waals surface area contributed by atoms with Crippen molar-refractivity contribution in [1.29, 1.82) is 0 Å². The van der Waals surface area contributed by atoms with Gasteiger partial charge in [-0.15, -0.1) is 0 Å². The fourth-order valence-electron chi connectivity index (χ4n) is 6.05. The number of nitrogens with zero attached hydrogens (tertiary/aromatic N) is 3. The summed E-state index contributed by atoms with van der Waals surface area (Å²) in [7, 11) is 0. The van der Waals surface area contributed by atoms with Gasteiger partial charge >= 0.3 is 0 Å². The van der Waals surface area contributed by atoms with Crippen molar-refractivity contribution < 1.29 is 64.8 Å². The minimum Gasteiger partial charge on any atom is -0.508 e. The molecule has 1 aromatic rings. The van der Waals surface area contributed by atoms with Crippen molar-refractivity contribution in [2.75, 3.05) is 26.3 Å². The largest absolute Gasteiger partial charge is 0.508 e. The highest BCUT2D eigenvalue weighted by Gasteiger charge is 2.52. The van der Waals surface area contributed by atoms with E-state index in [-0.39, 0.29) is 36.9 Å². The third-order valence-electron chi connectivity index (χ3n) is 9.06. The second-order valence-corrected chi connectivity index (χ2v) is 12.7. The highest BCUT2D eigenvalue weighted by Crippen LogP contribution is 2.28. The van der Waals surface area contributed by atoms with Crippen molar-refractivity contribution in [1.82, 2.24) is 26.2 Å². The average Bonchev–Trinajstić information content (AvgIpc) is 3.76. The molecule has 0 bridgehead atoms. The van der Waals surface area contributed by atoms with Gasteiger partial charge in [-0.1, -0.05) is 12.1 Å². The van der Waals surface area contributed by atoms with Gasteiger partial charge in [0.2, 0.25) is 17.7 Å². The lowest BCUT2D eigenvalue weighted by molar-refractivity contribution is -0.260. The number of nitrogens with one attached hydrogen (secondary N) is 4. The number of guanidine groups is 2. The Bertz CT molecular complexity index is 1520. The molecule has 1 saturated heterocycles. The Labute approximate surface area is 301 Å². The van der Waals surface area contributed by atoms with E-state index in [9.17, 15) is 60.0 Å². The fourth-order valence-corrected chi connectivity index (χ4v) is 6.05. The van der Waals surface area contributed by atoms with Crippen LogP contribution < -0.4 is 38.5 Å². The summed E-state index contributed by atoms with van der Waals surface area (Å²) >= 11 is 0. The molecule has 0 aliphatic carbocycles. The molecule has 4 rings (SSSR count). The van der Waals surface area contributed by atoms with Crippen LogP contribution in [0.1, 0.15) is 5.56 Å². The molecular weight excluding hydrogens is 708 g/mol. The second-order valence-electron chi connectivity index (χ2n) is 12.7. The van der Waals surface area contributed by atoms with Gasteiger partial charge in [-0.25, -0.2) is 0 Å². The van der Waals surface area contributed by atoms with E-state index in [2.05, 4.69) is 31.3 Å². The van der Waals surface area contributed by atoms with Gasteiger partial charge in [-0.2, -0.15) is 0 Å². The molecule has 3 aliphatic heterocycles. The van der Waals surface area contributed by atoms with Crippen LogP contribution in [0.15, 0.2) is 34.3 Å². The lowest BCUT2D eigenvalue weighted by atomic mass is 9.95. The Hall–Kier alpha value is -4.72. The molecule has 18 N–H and O–H groups in total. The molecule has 23 heteroatoms. The summed E-state index contributed by atoms with van der Waals surface area (Å²) in [5, 5.41) is 92.7. The normalized spacial score (nSPS) is 29.0. The Morgan fingerprint density at radius 2 is 1.55 bits per heavy atom. The molecule has 1 aromatic carbocycles. The van der Waals surface area contributed by atoms with E-state index in [1.807, 2.05) is 0 Å². The SMILES string of the molecule is NC1=NCC(C(O)[C@H](NC(=O)[C@H](N)Cc2ccc(O)cc2)C(=O)N[C@@H](C(=O)N[C@H](C=O)CO)C(O)C2CN=C(N)N2[C@H]2O[C@H](CO)[C@@H](O)[C@H](O)[C@@H]2O)N1. The van der Waals surface area contributed by atoms with Crippen LogP contribution in [0.4, 0.5) is 0 Å². The molecule has 3 amide bonds. The van der Waals surface area contributed by atoms with Crippen LogP contribution in [0.25, 0.3) is 0 Å². The average molecular weight is 755 g/mol. The Balaban J connectivity index is 1.63. The number of phenols is 1. The fraction of sp³-hybridized carbons (Fsp3) is 0.600. The van der Waals surface area contributed by atoms with Crippen LogP contribution in [0.3, 0.4) is 0 Å². The Kier molecular flexibility index (Phi) is 13.8. The first-order chi connectivity index (χ1) is 25.1. The van der Waals surface area contributed by atoms with E-state index >= 15 is 0 Å². The van der Waals surface area contributed by atoms with Crippen LogP contribution in [0, 0.1) is 0 Å². The third-order valence-corrected chi connectivity index (χ3v) is 9.06. The number of benzene rings is 1. The molecule has 0 radical (unpaired) electrons. The summed E-state index contributed by atoms with van der Waals surface area (Å²) in [5.74, 6) is -3.92. The van der Waals surface area contributed by atoms with E-state index in [0.29, 0.717) is 5.56 Å². The van der Waals surface area contributed by atoms with E-state index < -0.39 is 117 Å². The number of rotatable bonds is 16. The monoisotopic (exact) mass is 754 g/mol. The molecule has 53 heavy (non-hydrogen) atoms. The summed E-state index contributed by atoms with van der Waals surface area (Å²) in [6.45, 7) is -2.23. The molecule has 13 atom stereocenters. The molecule has 4 unspecified atom stereocenters. The van der Waals surface area contributed by atoms with Crippen LogP contribution in [-0.2, 0) is 30.3 Å². The number of carbonyl (C=O) groups is 4. The van der Waals surface area contributed by atoms with Gasteiger partial charge in [0.05, 0.1) is 44.4 Å². The molecule has 294 valence electrons. The number of aliphatic hydroxyl groups excluding tert-OH is 7. The standard InChI is InChI=1S/C30H46N10O13/c31-14(5-11-1-3-13(44)4-2-11)25(50)38-18(20(45)15-6-34-29(32)37-15)27(52)39-19(26(51)36-12(8-41)9-42)21(46)16-7-35-30(33)40(16)28-24(49)23(48)22(47)17(10-43)53-28/h1-4,8,12,14-24,28,42-49H,5-7,9-10,31H2,(H2,33,35)(H,36,51)(H,38,50)(H,39,52)(H3,32,34,37)/t12-,14-,15?,16?,17-,18+,19-,20?,21?,22-,23+,24+,28+/m1/s1. The van der Waals surface area contributed by atoms with Crippen LogP contribution in [0.5, 0.6) is 5.75 Å². The summed E-state index contributed by atoms with van der Waals surface area (Å²) < 4.78 is 5.58. The summed E-state index contributed by atoms with van der Waals surface area (Å²) in [6, 6.07) is -3.49. The molecular formula is C30H46N10O13. The highest BCUT2D eigenvalue weighted by atomic mass is 16.6. The first-order valence-electron chi connectivity index (χ1n) is 16.4. The number of aliphatic hydroxyl groups is 7. The van der Waals surface area contributed by atoms with E-state index in [1.54, 1.807) is 0 Å². The molecule has 1 fully saturated rings. The molecule has 23 nitrogen and oxygen atoms in total. The van der Waals surface area contributed by atoms with Crippen molar-refractivity contribution in [3.63, 3.8) is 0 Å². The van der Waals surface area contributed by atoms with Crippen molar-refractivity contribution in [3.8, 4) is 5.75 Å². The number of hydrogen-bond acceptors (Lipinski definition) is 20. The number of carbonyl (C=O) groups excluding carboxylic acids is 4. The minimum atomic E-state index is -2.08. The molecule has 0 spiro atoms. The highest BCUT2D eigenvalue weighted by molar-refractivity contribution is 5.94. The molecule has 0 saturated carbocycles. The number of nitrogens with two attached hydrogens (primary N) is 3. The quantitative estimate of drug-likeness (QED) is 0.0697. The summed E-state index contributed by atoms with van der Waals surface area (Å²) in [4.78, 5) is 61.3. The Morgan fingerprint density at radius 3 is 2.13 bits per heavy atom.